The molecule has 13 nitrogen and oxygen atoms in total. The Balaban J connectivity index is 1.42. The van der Waals surface area contributed by atoms with Crippen LogP contribution in [-0.2, 0) is 19.2 Å². The first kappa shape index (κ1) is 24.6. The van der Waals surface area contributed by atoms with Crippen LogP contribution in [0.15, 0.2) is 20.4 Å². The van der Waals surface area contributed by atoms with Crippen molar-refractivity contribution in [3.05, 3.63) is 16.6 Å². The number of anilines is 1. The fourth-order valence-corrected chi connectivity index (χ4v) is 7.20. The molecule has 2 aliphatic rings. The third-order valence-electron chi connectivity index (χ3n) is 5.04. The summed E-state index contributed by atoms with van der Waals surface area (Å²) in [6.45, 7) is 0.340. The maximum atomic E-state index is 12.9. The molecule has 2 aromatic rings. The summed E-state index contributed by atoms with van der Waals surface area (Å²) in [7, 11) is 0. The number of thioether (sulfide) groups is 2. The summed E-state index contributed by atoms with van der Waals surface area (Å²) in [6, 6.07) is -0.823. The minimum atomic E-state index is -1.14. The van der Waals surface area contributed by atoms with E-state index in [2.05, 4.69) is 25.7 Å². The van der Waals surface area contributed by atoms with Crippen molar-refractivity contribution in [2.24, 2.45) is 16.3 Å². The fraction of sp³-hybridized carbons (Fsp3) is 0.471. The lowest BCUT2D eigenvalue weighted by molar-refractivity contribution is -0.157. The molecule has 0 bridgehead atoms. The standard InChI is InChI=1S/C17H20N8O5S4/c18-1-2-30-24-9(8-3-31-15(19)21-8)11(26)22-10-12(27)25-4-17(14(28)29,5-32-13(10)25)6-33-16-23-20-7-34-16/h3,7,10,13H,1-2,4-6,18H2,(H2,19,21)(H,22,26)(H,28,29)/t10?,13-,17?/m1/s1. The number of carbonyl (C=O) groups excluding carboxylic acids is 2. The van der Waals surface area contributed by atoms with Gasteiger partial charge in [0.05, 0.1) is 0 Å². The first-order valence-electron chi connectivity index (χ1n) is 9.81. The molecule has 34 heavy (non-hydrogen) atoms. The van der Waals surface area contributed by atoms with Crippen molar-refractivity contribution in [3.8, 4) is 0 Å². The number of hydrogen-bond acceptors (Lipinski definition) is 14. The molecule has 2 aliphatic heterocycles. The number of carboxylic acids is 1. The van der Waals surface area contributed by atoms with Crippen LogP contribution in [0.1, 0.15) is 5.69 Å². The van der Waals surface area contributed by atoms with E-state index >= 15 is 0 Å². The van der Waals surface area contributed by atoms with Crippen molar-refractivity contribution in [2.45, 2.75) is 15.8 Å². The van der Waals surface area contributed by atoms with Crippen LogP contribution < -0.4 is 16.8 Å². The van der Waals surface area contributed by atoms with E-state index in [0.717, 1.165) is 11.3 Å². The highest BCUT2D eigenvalue weighted by Gasteiger charge is 2.57. The van der Waals surface area contributed by atoms with Crippen LogP contribution in [0.4, 0.5) is 5.13 Å². The van der Waals surface area contributed by atoms with Gasteiger partial charge in [0.25, 0.3) is 5.91 Å². The Morgan fingerprint density at radius 2 is 2.26 bits per heavy atom. The normalized spacial score (nSPS) is 24.3. The second-order valence-electron chi connectivity index (χ2n) is 7.33. The molecule has 0 spiro atoms. The van der Waals surface area contributed by atoms with Gasteiger partial charge >= 0.3 is 5.97 Å². The molecule has 4 heterocycles. The van der Waals surface area contributed by atoms with Gasteiger partial charge < -0.3 is 31.6 Å². The highest BCUT2D eigenvalue weighted by atomic mass is 32.2. The zero-order chi connectivity index (χ0) is 24.3. The van der Waals surface area contributed by atoms with E-state index in [4.69, 9.17) is 16.3 Å². The molecule has 4 rings (SSSR count). The smallest absolute Gasteiger partial charge is 0.313 e. The number of β-lactam (4-membered cyclic amide) rings is 1. The number of amides is 2. The average Bonchev–Trinajstić information content (AvgIpc) is 3.50. The molecular weight excluding hydrogens is 525 g/mol. The Bertz CT molecular complexity index is 1100. The first-order chi connectivity index (χ1) is 16.3. The number of nitrogens with zero attached hydrogens (tertiary/aromatic N) is 5. The third-order valence-corrected chi connectivity index (χ3v) is 9.45. The summed E-state index contributed by atoms with van der Waals surface area (Å²) in [4.78, 5) is 48.5. The number of nitrogens with one attached hydrogen (secondary N) is 1. The number of carbonyl (C=O) groups is 3. The fourth-order valence-electron chi connectivity index (χ4n) is 3.31. The summed E-state index contributed by atoms with van der Waals surface area (Å²) in [6.07, 6.45) is 0. The molecule has 2 aromatic heterocycles. The SMILES string of the molecule is NCCON=C(C(=O)NC1C(=O)N2CC(CSc3nncs3)(C(=O)O)CS[C@H]12)c1csc(N)n1. The highest BCUT2D eigenvalue weighted by Crippen LogP contribution is 2.44. The molecule has 2 saturated heterocycles. The van der Waals surface area contributed by atoms with Crippen molar-refractivity contribution in [3.63, 3.8) is 0 Å². The van der Waals surface area contributed by atoms with Gasteiger partial charge in [-0.15, -0.1) is 33.3 Å². The molecule has 0 radical (unpaired) electrons. The Morgan fingerprint density at radius 1 is 1.44 bits per heavy atom. The summed E-state index contributed by atoms with van der Waals surface area (Å²) < 4.78 is 0.666. The Labute approximate surface area is 209 Å². The predicted molar refractivity (Wildman–Crippen MR) is 129 cm³/mol. The average molecular weight is 545 g/mol. The molecule has 6 N–H and O–H groups in total. The molecular formula is C17H20N8O5S4. The maximum Gasteiger partial charge on any atom is 0.313 e. The van der Waals surface area contributed by atoms with Gasteiger partial charge in [0.15, 0.2) is 15.2 Å². The summed E-state index contributed by atoms with van der Waals surface area (Å²) in [5.74, 6) is -1.47. The van der Waals surface area contributed by atoms with Crippen molar-refractivity contribution >= 4 is 74.8 Å². The minimum Gasteiger partial charge on any atom is -0.481 e. The van der Waals surface area contributed by atoms with Crippen LogP contribution in [0.3, 0.4) is 0 Å². The van der Waals surface area contributed by atoms with E-state index in [0.29, 0.717) is 4.34 Å². The van der Waals surface area contributed by atoms with Crippen LogP contribution >= 0.6 is 46.2 Å². The van der Waals surface area contributed by atoms with Crippen LogP contribution in [0.5, 0.6) is 0 Å². The molecule has 3 atom stereocenters. The van der Waals surface area contributed by atoms with Crippen LogP contribution in [0, 0.1) is 5.41 Å². The molecule has 0 saturated carbocycles. The van der Waals surface area contributed by atoms with E-state index in [-0.39, 0.29) is 59.0 Å². The minimum absolute atomic E-state index is 0.0419. The van der Waals surface area contributed by atoms with Gasteiger partial charge in [0.2, 0.25) is 5.91 Å². The number of oxime groups is 1. The number of nitrogen functional groups attached to an aromatic ring is 1. The maximum absolute atomic E-state index is 12.9. The molecule has 2 unspecified atom stereocenters. The topological polar surface area (TPSA) is 199 Å². The van der Waals surface area contributed by atoms with Crippen molar-refractivity contribution in [1.82, 2.24) is 25.4 Å². The quantitative estimate of drug-likeness (QED) is 0.0986. The van der Waals surface area contributed by atoms with Crippen molar-refractivity contribution in [2.75, 3.05) is 36.9 Å². The van der Waals surface area contributed by atoms with Crippen LogP contribution in [0.25, 0.3) is 0 Å². The van der Waals surface area contributed by atoms with Crippen molar-refractivity contribution in [1.29, 1.82) is 0 Å². The van der Waals surface area contributed by atoms with Crippen LogP contribution in [-0.4, -0.2) is 91.3 Å². The van der Waals surface area contributed by atoms with Gasteiger partial charge in [-0.3, -0.25) is 14.4 Å². The number of rotatable bonds is 10. The van der Waals surface area contributed by atoms with Gasteiger partial charge in [-0.1, -0.05) is 28.3 Å². The van der Waals surface area contributed by atoms with E-state index in [9.17, 15) is 19.5 Å². The number of aromatic nitrogens is 3. The first-order valence-corrected chi connectivity index (χ1v) is 13.6. The second kappa shape index (κ2) is 10.4. The van der Waals surface area contributed by atoms with Gasteiger partial charge in [-0.05, 0) is 0 Å². The largest absolute Gasteiger partial charge is 0.481 e. The van der Waals surface area contributed by atoms with E-state index in [1.165, 1.54) is 39.8 Å². The summed E-state index contributed by atoms with van der Waals surface area (Å²) in [5.41, 5.74) is 11.6. The molecule has 2 amide bonds. The molecule has 2 fully saturated rings. The van der Waals surface area contributed by atoms with E-state index in [1.54, 1.807) is 10.9 Å². The Kier molecular flexibility index (Phi) is 7.56. The Morgan fingerprint density at radius 3 is 2.91 bits per heavy atom. The lowest BCUT2D eigenvalue weighted by Gasteiger charge is -2.53. The van der Waals surface area contributed by atoms with Crippen molar-refractivity contribution < 1.29 is 24.3 Å². The van der Waals surface area contributed by atoms with E-state index < -0.39 is 23.3 Å². The number of nitrogens with two attached hydrogens (primary N) is 2. The third kappa shape index (κ3) is 4.97. The van der Waals surface area contributed by atoms with E-state index in [1.807, 2.05) is 0 Å². The molecule has 17 heteroatoms. The number of carboxylic acid groups (broad SMARTS) is 1. The Hall–Kier alpha value is -2.47. The number of thiazole rings is 1. The van der Waals surface area contributed by atoms with Crippen LogP contribution in [0.2, 0.25) is 0 Å². The predicted octanol–water partition coefficient (Wildman–Crippen LogP) is -0.481. The number of hydrogen-bond donors (Lipinski definition) is 4. The lowest BCUT2D eigenvalue weighted by atomic mass is 9.89. The van der Waals surface area contributed by atoms with Gasteiger partial charge in [0, 0.05) is 30.0 Å². The summed E-state index contributed by atoms with van der Waals surface area (Å²) >= 11 is 5.08. The number of aliphatic carboxylic acids is 1. The van der Waals surface area contributed by atoms with Gasteiger partial charge in [-0.25, -0.2) is 4.98 Å². The molecule has 0 aliphatic carbocycles. The van der Waals surface area contributed by atoms with Gasteiger partial charge in [-0.2, -0.15) is 0 Å². The molecule has 0 aromatic carbocycles. The lowest BCUT2D eigenvalue weighted by Crippen LogP contribution is -2.74. The van der Waals surface area contributed by atoms with Gasteiger partial charge in [0.1, 0.15) is 34.6 Å². The zero-order valence-corrected chi connectivity index (χ0v) is 20.7. The summed E-state index contributed by atoms with van der Waals surface area (Å²) in [5, 5.41) is 25.5. The molecule has 182 valence electrons. The number of fused-ring (bicyclic) bond motifs is 1. The monoisotopic (exact) mass is 544 g/mol. The highest BCUT2D eigenvalue weighted by molar-refractivity contribution is 8.01. The zero-order valence-electron chi connectivity index (χ0n) is 17.4. The second-order valence-corrected chi connectivity index (χ2v) is 11.4.